The van der Waals surface area contributed by atoms with Crippen LogP contribution >= 0.6 is 11.6 Å². The summed E-state index contributed by atoms with van der Waals surface area (Å²) in [6.07, 6.45) is 4.46. The molecule has 0 aliphatic carbocycles. The Bertz CT molecular complexity index is 878. The molecular weight excluding hydrogens is 320 g/mol. The molecule has 23 heavy (non-hydrogen) atoms. The zero-order valence-electron chi connectivity index (χ0n) is 12.2. The van der Waals surface area contributed by atoms with Crippen molar-refractivity contribution >= 4 is 28.6 Å². The van der Waals surface area contributed by atoms with Crippen molar-refractivity contribution in [3.05, 3.63) is 41.3 Å². The van der Waals surface area contributed by atoms with E-state index in [9.17, 15) is 9.90 Å². The van der Waals surface area contributed by atoms with Gasteiger partial charge < -0.3 is 9.84 Å². The van der Waals surface area contributed by atoms with Gasteiger partial charge in [-0.2, -0.15) is 5.10 Å². The summed E-state index contributed by atoms with van der Waals surface area (Å²) in [6, 6.07) is 3.10. The number of carboxylic acid groups (broad SMARTS) is 1. The molecule has 3 aromatic rings. The summed E-state index contributed by atoms with van der Waals surface area (Å²) in [5.41, 5.74) is 2.12. The second-order valence-electron chi connectivity index (χ2n) is 4.78. The fourth-order valence-electron chi connectivity index (χ4n) is 2.36. The Hall–Kier alpha value is -2.51. The number of ether oxygens (including phenoxy) is 1. The number of aromatic carboxylic acids is 1. The molecule has 118 valence electrons. The number of hydrogen-bond acceptors (Lipinski definition) is 5. The number of methoxy groups -OCH3 is 1. The van der Waals surface area contributed by atoms with E-state index in [0.29, 0.717) is 40.5 Å². The third-order valence-electron chi connectivity index (χ3n) is 3.39. The van der Waals surface area contributed by atoms with Crippen LogP contribution in [0, 0.1) is 0 Å². The van der Waals surface area contributed by atoms with E-state index >= 15 is 0 Å². The molecule has 1 N–H and O–H groups in total. The number of nitrogens with zero attached hydrogens (tertiary/aromatic N) is 4. The lowest BCUT2D eigenvalue weighted by Crippen LogP contribution is -2.06. The Morgan fingerprint density at radius 3 is 2.96 bits per heavy atom. The van der Waals surface area contributed by atoms with Gasteiger partial charge in [-0.05, 0) is 12.1 Å². The fraction of sp³-hybridized carbons (Fsp3) is 0.200. The number of carbonyl (C=O) groups is 1. The maximum Gasteiger partial charge on any atom is 0.336 e. The first kappa shape index (κ1) is 15.4. The Morgan fingerprint density at radius 2 is 2.22 bits per heavy atom. The highest BCUT2D eigenvalue weighted by Crippen LogP contribution is 2.31. The first-order valence-electron chi connectivity index (χ1n) is 6.81. The van der Waals surface area contributed by atoms with Crippen LogP contribution in [-0.2, 0) is 11.3 Å². The number of pyridine rings is 2. The van der Waals surface area contributed by atoms with E-state index in [0.717, 1.165) is 0 Å². The normalized spacial score (nSPS) is 11.0. The number of carboxylic acids is 1. The van der Waals surface area contributed by atoms with Gasteiger partial charge in [0.2, 0.25) is 0 Å². The lowest BCUT2D eigenvalue weighted by molar-refractivity contribution is 0.0697. The Balaban J connectivity index is 2.27. The quantitative estimate of drug-likeness (QED) is 0.772. The zero-order valence-corrected chi connectivity index (χ0v) is 13.0. The lowest BCUT2D eigenvalue weighted by atomic mass is 10.1. The minimum absolute atomic E-state index is 0.111. The topological polar surface area (TPSA) is 90.1 Å². The molecule has 0 saturated carbocycles. The van der Waals surface area contributed by atoms with E-state index in [1.807, 2.05) is 0 Å². The highest BCUT2D eigenvalue weighted by Gasteiger charge is 2.20. The average molecular weight is 333 g/mol. The van der Waals surface area contributed by atoms with E-state index in [4.69, 9.17) is 16.3 Å². The van der Waals surface area contributed by atoms with Gasteiger partial charge in [-0.25, -0.2) is 4.79 Å². The van der Waals surface area contributed by atoms with E-state index in [2.05, 4.69) is 15.1 Å². The molecule has 0 aliphatic heterocycles. The van der Waals surface area contributed by atoms with Gasteiger partial charge in [-0.15, -0.1) is 0 Å². The second kappa shape index (κ2) is 6.31. The van der Waals surface area contributed by atoms with Crippen LogP contribution in [0.1, 0.15) is 10.4 Å². The third-order valence-corrected chi connectivity index (χ3v) is 3.70. The summed E-state index contributed by atoms with van der Waals surface area (Å²) in [7, 11) is 1.59. The molecule has 0 saturated heterocycles. The van der Waals surface area contributed by atoms with Crippen LogP contribution in [0.25, 0.3) is 22.3 Å². The molecule has 8 heteroatoms. The highest BCUT2D eigenvalue weighted by molar-refractivity contribution is 6.35. The van der Waals surface area contributed by atoms with Crippen LogP contribution in [0.2, 0.25) is 5.02 Å². The van der Waals surface area contributed by atoms with Gasteiger partial charge in [0.1, 0.15) is 16.7 Å². The number of hydrogen-bond donors (Lipinski definition) is 1. The molecule has 0 fully saturated rings. The van der Waals surface area contributed by atoms with Gasteiger partial charge in [0, 0.05) is 31.3 Å². The number of fused-ring (bicyclic) bond motifs is 1. The molecular formula is C15H13ClN4O3. The molecule has 3 rings (SSSR count). The minimum Gasteiger partial charge on any atom is -0.478 e. The summed E-state index contributed by atoms with van der Waals surface area (Å²) < 4.78 is 6.75. The summed E-state index contributed by atoms with van der Waals surface area (Å²) in [5.74, 6) is -1.05. The SMILES string of the molecule is COCCn1nc(-c2cnccc2C(=O)O)c2nccc(Cl)c21. The highest BCUT2D eigenvalue weighted by atomic mass is 35.5. The first-order chi connectivity index (χ1) is 11.1. The molecule has 7 nitrogen and oxygen atoms in total. The van der Waals surface area contributed by atoms with Gasteiger partial charge in [-0.3, -0.25) is 14.6 Å². The maximum atomic E-state index is 11.4. The Kier molecular flexibility index (Phi) is 4.22. The summed E-state index contributed by atoms with van der Waals surface area (Å²) in [6.45, 7) is 0.918. The molecule has 0 aromatic carbocycles. The van der Waals surface area contributed by atoms with Crippen LogP contribution in [0.5, 0.6) is 0 Å². The number of aromatic nitrogens is 4. The molecule has 0 amide bonds. The van der Waals surface area contributed by atoms with E-state index < -0.39 is 5.97 Å². The van der Waals surface area contributed by atoms with Crippen LogP contribution in [0.4, 0.5) is 0 Å². The van der Waals surface area contributed by atoms with Crippen molar-refractivity contribution in [2.75, 3.05) is 13.7 Å². The summed E-state index contributed by atoms with van der Waals surface area (Å²) in [4.78, 5) is 19.8. The molecule has 0 spiro atoms. The van der Waals surface area contributed by atoms with Gasteiger partial charge in [-0.1, -0.05) is 11.6 Å². The molecule has 3 aromatic heterocycles. The van der Waals surface area contributed by atoms with E-state index in [1.165, 1.54) is 18.5 Å². The van der Waals surface area contributed by atoms with Crippen LogP contribution in [-0.4, -0.2) is 44.5 Å². The standard InChI is InChI=1S/C15H13ClN4O3/c1-23-7-6-20-14-11(16)3-5-18-13(14)12(19-20)10-8-17-4-2-9(10)15(21)22/h2-5,8H,6-7H2,1H3,(H,21,22). The molecule has 0 radical (unpaired) electrons. The zero-order chi connectivity index (χ0) is 16.4. The Labute approximate surface area is 136 Å². The predicted octanol–water partition coefficient (Wildman–Crippen LogP) is 2.49. The van der Waals surface area contributed by atoms with E-state index in [1.54, 1.807) is 24.1 Å². The van der Waals surface area contributed by atoms with Crippen molar-refractivity contribution in [2.24, 2.45) is 0 Å². The molecule has 0 bridgehead atoms. The van der Waals surface area contributed by atoms with Gasteiger partial charge >= 0.3 is 5.97 Å². The van der Waals surface area contributed by atoms with Gasteiger partial charge in [0.25, 0.3) is 0 Å². The van der Waals surface area contributed by atoms with Crippen molar-refractivity contribution in [3.63, 3.8) is 0 Å². The van der Waals surface area contributed by atoms with Crippen molar-refractivity contribution in [3.8, 4) is 11.3 Å². The fourth-order valence-corrected chi connectivity index (χ4v) is 2.60. The predicted molar refractivity (Wildman–Crippen MR) is 84.6 cm³/mol. The van der Waals surface area contributed by atoms with Crippen molar-refractivity contribution in [1.82, 2.24) is 19.7 Å². The van der Waals surface area contributed by atoms with Crippen LogP contribution in [0.3, 0.4) is 0 Å². The number of rotatable bonds is 5. The Morgan fingerprint density at radius 1 is 1.39 bits per heavy atom. The monoisotopic (exact) mass is 332 g/mol. The number of halogens is 1. The summed E-state index contributed by atoms with van der Waals surface area (Å²) in [5, 5.41) is 14.4. The van der Waals surface area contributed by atoms with Crippen molar-refractivity contribution < 1.29 is 14.6 Å². The van der Waals surface area contributed by atoms with E-state index in [-0.39, 0.29) is 5.56 Å². The van der Waals surface area contributed by atoms with Gasteiger partial charge in [0.15, 0.2) is 0 Å². The molecule has 0 unspecified atom stereocenters. The van der Waals surface area contributed by atoms with Crippen molar-refractivity contribution in [1.29, 1.82) is 0 Å². The van der Waals surface area contributed by atoms with Crippen molar-refractivity contribution in [2.45, 2.75) is 6.54 Å². The smallest absolute Gasteiger partial charge is 0.336 e. The third kappa shape index (κ3) is 2.76. The van der Waals surface area contributed by atoms with Gasteiger partial charge in [0.05, 0.1) is 23.7 Å². The lowest BCUT2D eigenvalue weighted by Gasteiger charge is -2.03. The second-order valence-corrected chi connectivity index (χ2v) is 5.19. The molecule has 0 aliphatic rings. The average Bonchev–Trinajstić information content (AvgIpc) is 2.93. The first-order valence-corrected chi connectivity index (χ1v) is 7.19. The molecule has 3 heterocycles. The largest absolute Gasteiger partial charge is 0.478 e. The molecule has 0 atom stereocenters. The maximum absolute atomic E-state index is 11.4. The minimum atomic E-state index is -1.05. The van der Waals surface area contributed by atoms with Crippen LogP contribution in [0.15, 0.2) is 30.7 Å². The van der Waals surface area contributed by atoms with Crippen LogP contribution < -0.4 is 0 Å². The summed E-state index contributed by atoms with van der Waals surface area (Å²) >= 11 is 6.27.